The number of nitrogens with zero attached hydrogens (tertiary/aromatic N) is 2. The summed E-state index contributed by atoms with van der Waals surface area (Å²) in [7, 11) is 1.64. The lowest BCUT2D eigenvalue weighted by Crippen LogP contribution is -2.48. The molecule has 160 valence electrons. The van der Waals surface area contributed by atoms with Gasteiger partial charge in [-0.15, -0.1) is 11.8 Å². The lowest BCUT2D eigenvalue weighted by Gasteiger charge is -2.35. The Bertz CT molecular complexity index is 742. The van der Waals surface area contributed by atoms with Gasteiger partial charge in [0, 0.05) is 43.2 Å². The number of rotatable bonds is 5. The molecule has 0 aliphatic carbocycles. The molecule has 1 N–H and O–H groups in total. The molecule has 1 aromatic carbocycles. The fourth-order valence-electron chi connectivity index (χ4n) is 3.57. The topological polar surface area (TPSA) is 71.1 Å². The predicted octanol–water partition coefficient (Wildman–Crippen LogP) is 3.12. The predicted molar refractivity (Wildman–Crippen MR) is 115 cm³/mol. The molecule has 8 heteroatoms. The summed E-state index contributed by atoms with van der Waals surface area (Å²) in [5.74, 6) is 1.37. The van der Waals surface area contributed by atoms with E-state index in [1.807, 2.05) is 43.9 Å². The molecular weight excluding hydrogens is 390 g/mol. The first kappa shape index (κ1) is 21.8. The third kappa shape index (κ3) is 6.02. The second-order valence-electron chi connectivity index (χ2n) is 8.43. The number of thioether (sulfide) groups is 1. The van der Waals surface area contributed by atoms with E-state index in [0.29, 0.717) is 12.3 Å². The number of carbonyl (C=O) groups is 2. The number of nitrogens with one attached hydrogen (secondary N) is 1. The molecule has 2 amide bonds. The Morgan fingerprint density at radius 3 is 2.62 bits per heavy atom. The number of hydrogen-bond donors (Lipinski definition) is 1. The van der Waals surface area contributed by atoms with Crippen LogP contribution in [0, 0.1) is 0 Å². The SMILES string of the molecule is COc1ccc2c(c1)N(CCN1CCC(NC(=O)OC(C)(C)C)CC1)C(=O)CS2. The summed E-state index contributed by atoms with van der Waals surface area (Å²) in [5, 5.41) is 2.97. The summed E-state index contributed by atoms with van der Waals surface area (Å²) in [6.07, 6.45) is 1.42. The number of amides is 2. The average Bonchev–Trinajstić information content (AvgIpc) is 2.66. The molecule has 0 aromatic heterocycles. The van der Waals surface area contributed by atoms with Crippen LogP contribution in [0.3, 0.4) is 0 Å². The second-order valence-corrected chi connectivity index (χ2v) is 9.45. The fourth-order valence-corrected chi connectivity index (χ4v) is 4.49. The van der Waals surface area contributed by atoms with Crippen molar-refractivity contribution in [3.8, 4) is 5.75 Å². The summed E-state index contributed by atoms with van der Waals surface area (Å²) in [4.78, 5) is 29.8. The standard InChI is InChI=1S/C21H31N3O4S/c1-21(2,3)28-20(26)22-15-7-9-23(10-8-15)11-12-24-17-13-16(27-4)5-6-18(17)29-14-19(24)25/h5-6,13,15H,7-12,14H2,1-4H3,(H,22,26). The van der Waals surface area contributed by atoms with Crippen molar-refractivity contribution in [1.82, 2.24) is 10.2 Å². The lowest BCUT2D eigenvalue weighted by atomic mass is 10.1. The maximum absolute atomic E-state index is 12.5. The van der Waals surface area contributed by atoms with Crippen LogP contribution in [0.5, 0.6) is 5.75 Å². The molecule has 1 fully saturated rings. The summed E-state index contributed by atoms with van der Waals surface area (Å²) in [6, 6.07) is 6.03. The number of ether oxygens (including phenoxy) is 2. The Morgan fingerprint density at radius 2 is 1.97 bits per heavy atom. The Labute approximate surface area is 177 Å². The molecule has 1 saturated heterocycles. The number of benzene rings is 1. The maximum atomic E-state index is 12.5. The van der Waals surface area contributed by atoms with Gasteiger partial charge in [0.05, 0.1) is 18.6 Å². The number of hydrogen-bond acceptors (Lipinski definition) is 6. The van der Waals surface area contributed by atoms with Gasteiger partial charge in [0.15, 0.2) is 0 Å². The van der Waals surface area contributed by atoms with Gasteiger partial charge in [-0.25, -0.2) is 4.79 Å². The van der Waals surface area contributed by atoms with Gasteiger partial charge in [-0.2, -0.15) is 0 Å². The highest BCUT2D eigenvalue weighted by Crippen LogP contribution is 2.37. The van der Waals surface area contributed by atoms with Crippen molar-refractivity contribution in [1.29, 1.82) is 0 Å². The monoisotopic (exact) mass is 421 g/mol. The third-order valence-corrected chi connectivity index (χ3v) is 6.10. The molecule has 0 unspecified atom stereocenters. The van der Waals surface area contributed by atoms with Gasteiger partial charge in [-0.1, -0.05) is 0 Å². The van der Waals surface area contributed by atoms with Crippen molar-refractivity contribution in [2.45, 2.75) is 50.2 Å². The van der Waals surface area contributed by atoms with Crippen molar-refractivity contribution in [3.05, 3.63) is 18.2 Å². The van der Waals surface area contributed by atoms with Crippen molar-refractivity contribution >= 4 is 29.4 Å². The largest absolute Gasteiger partial charge is 0.497 e. The Balaban J connectivity index is 1.50. The first-order chi connectivity index (χ1) is 13.7. The van der Waals surface area contributed by atoms with E-state index >= 15 is 0 Å². The van der Waals surface area contributed by atoms with Crippen molar-refractivity contribution < 1.29 is 19.1 Å². The van der Waals surface area contributed by atoms with Gasteiger partial charge < -0.3 is 24.6 Å². The molecule has 3 rings (SSSR count). The zero-order valence-corrected chi connectivity index (χ0v) is 18.5. The minimum absolute atomic E-state index is 0.136. The van der Waals surface area contributed by atoms with Gasteiger partial charge in [0.25, 0.3) is 0 Å². The molecule has 0 radical (unpaired) electrons. The Morgan fingerprint density at radius 1 is 1.24 bits per heavy atom. The third-order valence-electron chi connectivity index (χ3n) is 5.06. The van der Waals surface area contributed by atoms with Gasteiger partial charge in [-0.3, -0.25) is 4.79 Å². The van der Waals surface area contributed by atoms with E-state index in [1.54, 1.807) is 18.9 Å². The van der Waals surface area contributed by atoms with Crippen molar-refractivity contribution in [2.75, 3.05) is 43.9 Å². The highest BCUT2D eigenvalue weighted by Gasteiger charge is 2.27. The van der Waals surface area contributed by atoms with E-state index in [9.17, 15) is 9.59 Å². The molecule has 0 bridgehead atoms. The summed E-state index contributed by atoms with van der Waals surface area (Å²) < 4.78 is 10.7. The highest BCUT2D eigenvalue weighted by atomic mass is 32.2. The first-order valence-corrected chi connectivity index (χ1v) is 11.1. The molecular formula is C21H31N3O4S. The van der Waals surface area contributed by atoms with Crippen LogP contribution in [0.15, 0.2) is 23.1 Å². The number of anilines is 1. The summed E-state index contributed by atoms with van der Waals surface area (Å²) in [5.41, 5.74) is 0.454. The van der Waals surface area contributed by atoms with E-state index in [1.165, 1.54) is 0 Å². The fraction of sp³-hybridized carbons (Fsp3) is 0.619. The van der Waals surface area contributed by atoms with E-state index < -0.39 is 5.60 Å². The number of piperidine rings is 1. The molecule has 29 heavy (non-hydrogen) atoms. The molecule has 1 aromatic rings. The second kappa shape index (κ2) is 9.26. The molecule has 2 aliphatic heterocycles. The van der Waals surface area contributed by atoms with Crippen LogP contribution in [0.25, 0.3) is 0 Å². The van der Waals surface area contributed by atoms with Gasteiger partial charge in [0.1, 0.15) is 11.4 Å². The maximum Gasteiger partial charge on any atom is 0.407 e. The number of alkyl carbamates (subject to hydrolysis) is 1. The average molecular weight is 422 g/mol. The summed E-state index contributed by atoms with van der Waals surface area (Å²) >= 11 is 1.58. The minimum atomic E-state index is -0.483. The van der Waals surface area contributed by atoms with Crippen LogP contribution in [0.2, 0.25) is 0 Å². The molecule has 0 saturated carbocycles. The van der Waals surface area contributed by atoms with Gasteiger partial charge >= 0.3 is 6.09 Å². The van der Waals surface area contributed by atoms with Crippen LogP contribution in [0.4, 0.5) is 10.5 Å². The van der Waals surface area contributed by atoms with Crippen LogP contribution in [-0.2, 0) is 9.53 Å². The molecule has 0 spiro atoms. The quantitative estimate of drug-likeness (QED) is 0.788. The lowest BCUT2D eigenvalue weighted by molar-refractivity contribution is -0.116. The van der Waals surface area contributed by atoms with Gasteiger partial charge in [-0.05, 0) is 45.7 Å². The van der Waals surface area contributed by atoms with Crippen LogP contribution >= 0.6 is 11.8 Å². The molecule has 2 heterocycles. The number of methoxy groups -OCH3 is 1. The summed E-state index contributed by atoms with van der Waals surface area (Å²) in [6.45, 7) is 8.84. The minimum Gasteiger partial charge on any atom is -0.497 e. The van der Waals surface area contributed by atoms with E-state index in [0.717, 1.165) is 48.8 Å². The number of likely N-dealkylation sites (tertiary alicyclic amines) is 1. The van der Waals surface area contributed by atoms with Crippen LogP contribution in [-0.4, -0.2) is 67.6 Å². The normalized spacial score (nSPS) is 18.3. The van der Waals surface area contributed by atoms with E-state index in [-0.39, 0.29) is 18.0 Å². The number of carbonyl (C=O) groups excluding carboxylic acids is 2. The van der Waals surface area contributed by atoms with Crippen LogP contribution < -0.4 is 15.0 Å². The molecule has 2 aliphatic rings. The van der Waals surface area contributed by atoms with E-state index in [4.69, 9.17) is 9.47 Å². The van der Waals surface area contributed by atoms with Gasteiger partial charge in [0.2, 0.25) is 5.91 Å². The Hall–Kier alpha value is -1.93. The zero-order valence-electron chi connectivity index (χ0n) is 17.7. The Kier molecular flexibility index (Phi) is 6.95. The van der Waals surface area contributed by atoms with E-state index in [2.05, 4.69) is 10.2 Å². The van der Waals surface area contributed by atoms with Crippen molar-refractivity contribution in [2.24, 2.45) is 0 Å². The smallest absolute Gasteiger partial charge is 0.407 e. The molecule has 7 nitrogen and oxygen atoms in total. The first-order valence-electron chi connectivity index (χ1n) is 10.1. The highest BCUT2D eigenvalue weighted by molar-refractivity contribution is 8.00. The van der Waals surface area contributed by atoms with Crippen LogP contribution in [0.1, 0.15) is 33.6 Å². The zero-order chi connectivity index (χ0) is 21.0. The number of fused-ring (bicyclic) bond motifs is 1. The van der Waals surface area contributed by atoms with Crippen molar-refractivity contribution in [3.63, 3.8) is 0 Å². The molecule has 0 atom stereocenters.